The summed E-state index contributed by atoms with van der Waals surface area (Å²) in [5.41, 5.74) is 9.02. The molecule has 0 radical (unpaired) electrons. The van der Waals surface area contributed by atoms with Crippen LogP contribution in [0.3, 0.4) is 0 Å². The van der Waals surface area contributed by atoms with Crippen molar-refractivity contribution in [3.63, 3.8) is 0 Å². The minimum Gasteiger partial charge on any atom is -0.399 e. The van der Waals surface area contributed by atoms with Crippen LogP contribution in [-0.2, 0) is 0 Å². The van der Waals surface area contributed by atoms with Crippen LogP contribution in [0.25, 0.3) is 0 Å². The van der Waals surface area contributed by atoms with Gasteiger partial charge in [-0.3, -0.25) is 0 Å². The van der Waals surface area contributed by atoms with Crippen LogP contribution >= 0.6 is 0 Å². The Labute approximate surface area is 85.5 Å². The average Bonchev–Trinajstić information content (AvgIpc) is 2.64. The molecule has 0 spiro atoms. The normalized spacial score (nSPS) is 17.2. The van der Waals surface area contributed by atoms with Crippen LogP contribution in [0.5, 0.6) is 0 Å². The van der Waals surface area contributed by atoms with Crippen LogP contribution in [-0.4, -0.2) is 6.04 Å². The lowest BCUT2D eigenvalue weighted by atomic mass is 10.1. The van der Waals surface area contributed by atoms with Crippen LogP contribution in [0.15, 0.2) is 18.2 Å². The molecule has 0 unspecified atom stereocenters. The highest BCUT2D eigenvalue weighted by Gasteiger charge is 2.14. The van der Waals surface area contributed by atoms with Crippen LogP contribution in [0.2, 0.25) is 0 Å². The summed E-state index contributed by atoms with van der Waals surface area (Å²) in [5, 5.41) is 3.55. The van der Waals surface area contributed by atoms with E-state index in [2.05, 4.69) is 24.4 Å². The van der Waals surface area contributed by atoms with Crippen LogP contribution in [0, 0.1) is 6.92 Å². The first-order chi connectivity index (χ1) is 6.75. The molecule has 76 valence electrons. The Morgan fingerprint density at radius 2 is 2.00 bits per heavy atom. The Hall–Kier alpha value is -1.18. The summed E-state index contributed by atoms with van der Waals surface area (Å²) in [5.74, 6) is 0. The quantitative estimate of drug-likeness (QED) is 0.704. The van der Waals surface area contributed by atoms with Crippen molar-refractivity contribution in [3.8, 4) is 0 Å². The molecule has 1 aliphatic rings. The van der Waals surface area contributed by atoms with E-state index < -0.39 is 0 Å². The maximum Gasteiger partial charge on any atom is 0.0346 e. The van der Waals surface area contributed by atoms with E-state index in [0.717, 1.165) is 11.3 Å². The molecule has 1 fully saturated rings. The molecule has 0 saturated heterocycles. The highest BCUT2D eigenvalue weighted by Crippen LogP contribution is 2.23. The third-order valence-corrected chi connectivity index (χ3v) is 3.00. The number of anilines is 2. The second-order valence-electron chi connectivity index (χ2n) is 4.20. The molecular weight excluding hydrogens is 172 g/mol. The minimum absolute atomic E-state index is 0.679. The van der Waals surface area contributed by atoms with Gasteiger partial charge in [0.15, 0.2) is 0 Å². The number of hydrogen-bond acceptors (Lipinski definition) is 2. The molecule has 1 saturated carbocycles. The summed E-state index contributed by atoms with van der Waals surface area (Å²) >= 11 is 0. The standard InChI is InChI=1S/C12H18N2/c1-9-8-11(6-7-12(9)13)14-10-4-2-3-5-10/h6-8,10,14H,2-5,13H2,1H3. The molecule has 2 nitrogen and oxygen atoms in total. The Morgan fingerprint density at radius 3 is 2.64 bits per heavy atom. The zero-order valence-electron chi connectivity index (χ0n) is 8.72. The molecule has 0 amide bonds. The van der Waals surface area contributed by atoms with E-state index in [1.54, 1.807) is 0 Å². The van der Waals surface area contributed by atoms with Crippen molar-refractivity contribution in [2.75, 3.05) is 11.1 Å². The number of nitrogens with two attached hydrogens (primary N) is 1. The Kier molecular flexibility index (Phi) is 2.62. The monoisotopic (exact) mass is 190 g/mol. The largest absolute Gasteiger partial charge is 0.399 e. The second kappa shape index (κ2) is 3.91. The molecule has 2 heteroatoms. The van der Waals surface area contributed by atoms with Crippen molar-refractivity contribution < 1.29 is 0 Å². The van der Waals surface area contributed by atoms with E-state index in [9.17, 15) is 0 Å². The Bertz CT molecular complexity index is 314. The van der Waals surface area contributed by atoms with Gasteiger partial charge in [-0.15, -0.1) is 0 Å². The predicted octanol–water partition coefficient (Wildman–Crippen LogP) is 2.93. The van der Waals surface area contributed by atoms with Gasteiger partial charge in [0.05, 0.1) is 0 Å². The molecule has 2 rings (SSSR count). The van der Waals surface area contributed by atoms with E-state index in [-0.39, 0.29) is 0 Å². The fourth-order valence-corrected chi connectivity index (χ4v) is 2.07. The minimum atomic E-state index is 0.679. The first-order valence-corrected chi connectivity index (χ1v) is 5.38. The van der Waals surface area contributed by atoms with E-state index in [1.165, 1.54) is 31.4 Å². The van der Waals surface area contributed by atoms with Crippen LogP contribution in [0.4, 0.5) is 11.4 Å². The summed E-state index contributed by atoms with van der Waals surface area (Å²) in [6.45, 7) is 2.05. The van der Waals surface area contributed by atoms with Crippen molar-refractivity contribution in [1.29, 1.82) is 0 Å². The molecule has 0 aliphatic heterocycles. The van der Waals surface area contributed by atoms with Crippen molar-refractivity contribution in [2.24, 2.45) is 0 Å². The highest BCUT2D eigenvalue weighted by molar-refractivity contribution is 5.57. The first kappa shape index (κ1) is 9.38. The van der Waals surface area contributed by atoms with Gasteiger partial charge in [-0.05, 0) is 43.5 Å². The SMILES string of the molecule is Cc1cc(NC2CCCC2)ccc1N. The molecule has 0 bridgehead atoms. The van der Waals surface area contributed by atoms with Crippen LogP contribution in [0.1, 0.15) is 31.2 Å². The number of nitrogens with one attached hydrogen (secondary N) is 1. The summed E-state index contributed by atoms with van der Waals surface area (Å²) in [7, 11) is 0. The lowest BCUT2D eigenvalue weighted by Crippen LogP contribution is -2.14. The third kappa shape index (κ3) is 2.00. The lowest BCUT2D eigenvalue weighted by molar-refractivity contribution is 0.755. The van der Waals surface area contributed by atoms with Gasteiger partial charge >= 0.3 is 0 Å². The Balaban J connectivity index is 2.05. The van der Waals surface area contributed by atoms with E-state index in [1.807, 2.05) is 6.07 Å². The van der Waals surface area contributed by atoms with Gasteiger partial charge in [-0.2, -0.15) is 0 Å². The fraction of sp³-hybridized carbons (Fsp3) is 0.500. The Morgan fingerprint density at radius 1 is 1.29 bits per heavy atom. The molecule has 1 aromatic rings. The number of nitrogen functional groups attached to an aromatic ring is 1. The number of rotatable bonds is 2. The molecule has 0 heterocycles. The molecule has 14 heavy (non-hydrogen) atoms. The number of hydrogen-bond donors (Lipinski definition) is 2. The molecular formula is C12H18N2. The van der Waals surface area contributed by atoms with Crippen molar-refractivity contribution in [3.05, 3.63) is 23.8 Å². The van der Waals surface area contributed by atoms with Gasteiger partial charge in [0.2, 0.25) is 0 Å². The number of benzene rings is 1. The number of aryl methyl sites for hydroxylation is 1. The second-order valence-corrected chi connectivity index (χ2v) is 4.20. The smallest absolute Gasteiger partial charge is 0.0346 e. The van der Waals surface area contributed by atoms with Gasteiger partial charge in [0, 0.05) is 17.4 Å². The van der Waals surface area contributed by atoms with Crippen molar-refractivity contribution in [1.82, 2.24) is 0 Å². The van der Waals surface area contributed by atoms with Gasteiger partial charge in [0.1, 0.15) is 0 Å². The molecule has 3 N–H and O–H groups in total. The maximum atomic E-state index is 5.77. The highest BCUT2D eigenvalue weighted by atomic mass is 14.9. The molecule has 0 atom stereocenters. The predicted molar refractivity (Wildman–Crippen MR) is 61.5 cm³/mol. The molecule has 1 aromatic carbocycles. The third-order valence-electron chi connectivity index (χ3n) is 3.00. The average molecular weight is 190 g/mol. The zero-order chi connectivity index (χ0) is 9.97. The van der Waals surface area contributed by atoms with E-state index in [0.29, 0.717) is 6.04 Å². The van der Waals surface area contributed by atoms with Gasteiger partial charge in [-0.1, -0.05) is 12.8 Å². The topological polar surface area (TPSA) is 38.0 Å². The first-order valence-electron chi connectivity index (χ1n) is 5.38. The molecule has 0 aromatic heterocycles. The summed E-state index contributed by atoms with van der Waals surface area (Å²) in [6, 6.07) is 6.86. The lowest BCUT2D eigenvalue weighted by Gasteiger charge is -2.14. The summed E-state index contributed by atoms with van der Waals surface area (Å²) in [6.07, 6.45) is 5.35. The van der Waals surface area contributed by atoms with Gasteiger partial charge < -0.3 is 11.1 Å². The van der Waals surface area contributed by atoms with E-state index >= 15 is 0 Å². The maximum absolute atomic E-state index is 5.77. The summed E-state index contributed by atoms with van der Waals surface area (Å²) < 4.78 is 0. The molecule has 1 aliphatic carbocycles. The van der Waals surface area contributed by atoms with Crippen molar-refractivity contribution >= 4 is 11.4 Å². The van der Waals surface area contributed by atoms with Gasteiger partial charge in [-0.25, -0.2) is 0 Å². The van der Waals surface area contributed by atoms with E-state index in [4.69, 9.17) is 5.73 Å². The van der Waals surface area contributed by atoms with Crippen LogP contribution < -0.4 is 11.1 Å². The van der Waals surface area contributed by atoms with Crippen molar-refractivity contribution in [2.45, 2.75) is 38.6 Å². The zero-order valence-corrected chi connectivity index (χ0v) is 8.72. The van der Waals surface area contributed by atoms with Gasteiger partial charge in [0.25, 0.3) is 0 Å². The summed E-state index contributed by atoms with van der Waals surface area (Å²) in [4.78, 5) is 0. The fourth-order valence-electron chi connectivity index (χ4n) is 2.07.